The van der Waals surface area contributed by atoms with E-state index in [1.807, 2.05) is 30.3 Å². The molecule has 2 heterocycles. The van der Waals surface area contributed by atoms with Crippen LogP contribution < -0.4 is 5.43 Å². The van der Waals surface area contributed by atoms with Gasteiger partial charge in [0.2, 0.25) is 0 Å². The number of oxazole rings is 1. The largest absolute Gasteiger partial charge is 0.478 e. The zero-order valence-electron chi connectivity index (χ0n) is 15.3. The lowest BCUT2D eigenvalue weighted by atomic mass is 10.0. The van der Waals surface area contributed by atoms with Gasteiger partial charge in [0.1, 0.15) is 17.0 Å². The molecule has 2 aromatic heterocycles. The predicted octanol–water partition coefficient (Wildman–Crippen LogP) is 4.93. The molecule has 0 saturated heterocycles. The summed E-state index contributed by atoms with van der Waals surface area (Å²) in [5.74, 6) is 0.164. The highest BCUT2D eigenvalue weighted by Gasteiger charge is 2.15. The zero-order valence-corrected chi connectivity index (χ0v) is 15.3. The molecule has 0 spiro atoms. The summed E-state index contributed by atoms with van der Waals surface area (Å²) in [6, 6.07) is 16.4. The lowest BCUT2D eigenvalue weighted by molar-refractivity contribution is 0.0696. The van der Waals surface area contributed by atoms with E-state index in [1.54, 1.807) is 38.1 Å². The Morgan fingerprint density at radius 2 is 1.89 bits per heavy atom. The predicted molar refractivity (Wildman–Crippen MR) is 106 cm³/mol. The van der Waals surface area contributed by atoms with Gasteiger partial charge in [-0.1, -0.05) is 24.3 Å². The van der Waals surface area contributed by atoms with E-state index in [4.69, 9.17) is 8.83 Å². The molecule has 7 nitrogen and oxygen atoms in total. The Morgan fingerprint density at radius 3 is 2.68 bits per heavy atom. The number of para-hydroxylation sites is 2. The van der Waals surface area contributed by atoms with Crippen molar-refractivity contribution in [2.24, 2.45) is 5.10 Å². The van der Waals surface area contributed by atoms with E-state index in [2.05, 4.69) is 15.5 Å². The average molecular weight is 375 g/mol. The number of fused-ring (bicyclic) bond motifs is 1. The van der Waals surface area contributed by atoms with Crippen LogP contribution in [0.4, 0.5) is 6.01 Å². The van der Waals surface area contributed by atoms with Crippen molar-refractivity contribution in [3.63, 3.8) is 0 Å². The molecular formula is C21H17N3O4. The van der Waals surface area contributed by atoms with E-state index in [1.165, 1.54) is 0 Å². The van der Waals surface area contributed by atoms with Gasteiger partial charge >= 0.3 is 12.0 Å². The van der Waals surface area contributed by atoms with Gasteiger partial charge in [0.05, 0.1) is 5.56 Å². The lowest BCUT2D eigenvalue weighted by Crippen LogP contribution is -2.00. The first-order valence-electron chi connectivity index (χ1n) is 8.62. The second kappa shape index (κ2) is 7.03. The summed E-state index contributed by atoms with van der Waals surface area (Å²) in [4.78, 5) is 15.6. The van der Waals surface area contributed by atoms with Gasteiger partial charge in [0, 0.05) is 5.56 Å². The number of carboxylic acids is 1. The first kappa shape index (κ1) is 17.5. The van der Waals surface area contributed by atoms with E-state index in [9.17, 15) is 9.90 Å². The molecule has 0 unspecified atom stereocenters. The van der Waals surface area contributed by atoms with Crippen LogP contribution in [-0.2, 0) is 0 Å². The quantitative estimate of drug-likeness (QED) is 0.379. The number of aromatic carboxylic acids is 1. The fraction of sp³-hybridized carbons (Fsp3) is 0.0952. The molecule has 4 aromatic rings. The van der Waals surface area contributed by atoms with Gasteiger partial charge in [-0.15, -0.1) is 0 Å². The van der Waals surface area contributed by atoms with Crippen LogP contribution >= 0.6 is 0 Å². The van der Waals surface area contributed by atoms with Crippen molar-refractivity contribution in [3.05, 3.63) is 71.5 Å². The van der Waals surface area contributed by atoms with Gasteiger partial charge in [0.15, 0.2) is 11.3 Å². The number of rotatable bonds is 5. The third-order valence-corrected chi connectivity index (χ3v) is 4.41. The topological polar surface area (TPSA) is 101 Å². The number of hydrogen-bond acceptors (Lipinski definition) is 6. The lowest BCUT2D eigenvalue weighted by Gasteiger charge is -2.06. The van der Waals surface area contributed by atoms with Crippen LogP contribution in [0, 0.1) is 6.92 Å². The van der Waals surface area contributed by atoms with E-state index in [-0.39, 0.29) is 11.6 Å². The molecule has 0 atom stereocenters. The average Bonchev–Trinajstić information content (AvgIpc) is 3.33. The number of benzene rings is 2. The number of carboxylic acid groups (broad SMARTS) is 1. The minimum absolute atomic E-state index is 0.249. The molecule has 0 aliphatic carbocycles. The second-order valence-electron chi connectivity index (χ2n) is 6.24. The van der Waals surface area contributed by atoms with Gasteiger partial charge in [-0.3, -0.25) is 0 Å². The molecule has 0 bridgehead atoms. The van der Waals surface area contributed by atoms with Crippen LogP contribution in [0.15, 0.2) is 68.5 Å². The van der Waals surface area contributed by atoms with Gasteiger partial charge < -0.3 is 13.9 Å². The molecule has 0 saturated carbocycles. The summed E-state index contributed by atoms with van der Waals surface area (Å²) in [5.41, 5.74) is 6.43. The molecule has 0 amide bonds. The van der Waals surface area contributed by atoms with Crippen LogP contribution in [0.2, 0.25) is 0 Å². The minimum atomic E-state index is -0.966. The van der Waals surface area contributed by atoms with E-state index < -0.39 is 5.97 Å². The van der Waals surface area contributed by atoms with E-state index in [0.717, 1.165) is 11.1 Å². The molecule has 0 fully saturated rings. The van der Waals surface area contributed by atoms with Gasteiger partial charge in [-0.25, -0.2) is 10.2 Å². The summed E-state index contributed by atoms with van der Waals surface area (Å²) in [7, 11) is 0. The van der Waals surface area contributed by atoms with Crippen LogP contribution in [0.3, 0.4) is 0 Å². The number of anilines is 1. The van der Waals surface area contributed by atoms with Crippen LogP contribution in [0.1, 0.15) is 28.6 Å². The maximum Gasteiger partial charge on any atom is 0.335 e. The number of carbonyl (C=O) groups is 1. The molecule has 28 heavy (non-hydrogen) atoms. The molecule has 2 aromatic carbocycles. The van der Waals surface area contributed by atoms with Gasteiger partial charge in [-0.2, -0.15) is 10.1 Å². The number of hydrazone groups is 1. The van der Waals surface area contributed by atoms with Crippen molar-refractivity contribution in [2.45, 2.75) is 13.8 Å². The van der Waals surface area contributed by atoms with Crippen molar-refractivity contribution in [3.8, 4) is 11.3 Å². The van der Waals surface area contributed by atoms with Crippen LogP contribution in [-0.4, -0.2) is 21.8 Å². The van der Waals surface area contributed by atoms with Gasteiger partial charge in [0.25, 0.3) is 0 Å². The van der Waals surface area contributed by atoms with Crippen molar-refractivity contribution in [2.75, 3.05) is 5.43 Å². The zero-order chi connectivity index (χ0) is 19.7. The number of nitrogens with one attached hydrogen (secondary N) is 1. The van der Waals surface area contributed by atoms with E-state index >= 15 is 0 Å². The highest BCUT2D eigenvalue weighted by atomic mass is 16.4. The van der Waals surface area contributed by atoms with Crippen molar-refractivity contribution < 1.29 is 18.7 Å². The maximum absolute atomic E-state index is 11.3. The molecule has 0 radical (unpaired) electrons. The molecule has 0 aliphatic rings. The normalized spacial score (nSPS) is 11.7. The number of hydrogen-bond donors (Lipinski definition) is 2. The fourth-order valence-electron chi connectivity index (χ4n) is 2.92. The molecular weight excluding hydrogens is 358 g/mol. The van der Waals surface area contributed by atoms with Crippen LogP contribution in [0.5, 0.6) is 0 Å². The third-order valence-electron chi connectivity index (χ3n) is 4.41. The Bertz CT molecular complexity index is 1170. The molecule has 7 heteroatoms. The maximum atomic E-state index is 11.3. The summed E-state index contributed by atoms with van der Waals surface area (Å²) >= 11 is 0. The summed E-state index contributed by atoms with van der Waals surface area (Å²) in [6.07, 6.45) is 0. The Hall–Kier alpha value is -3.87. The second-order valence-corrected chi connectivity index (χ2v) is 6.24. The van der Waals surface area contributed by atoms with Crippen molar-refractivity contribution >= 4 is 28.8 Å². The monoisotopic (exact) mass is 375 g/mol. The number of aromatic nitrogens is 1. The highest BCUT2D eigenvalue weighted by molar-refractivity contribution is 5.97. The Morgan fingerprint density at radius 1 is 1.07 bits per heavy atom. The van der Waals surface area contributed by atoms with Crippen molar-refractivity contribution in [1.82, 2.24) is 4.98 Å². The molecule has 2 N–H and O–H groups in total. The molecule has 4 rings (SSSR count). The van der Waals surface area contributed by atoms with Crippen LogP contribution in [0.25, 0.3) is 22.4 Å². The SMILES string of the molecule is C/C(=N\Nc1nc2ccccc2o1)c1ccc(-c2cccc(C(=O)O)c2C)o1. The first-order valence-corrected chi connectivity index (χ1v) is 8.62. The smallest absolute Gasteiger partial charge is 0.335 e. The highest BCUT2D eigenvalue weighted by Crippen LogP contribution is 2.28. The Kier molecular flexibility index (Phi) is 4.41. The van der Waals surface area contributed by atoms with E-state index in [0.29, 0.717) is 28.4 Å². The molecule has 140 valence electrons. The summed E-state index contributed by atoms with van der Waals surface area (Å²) < 4.78 is 11.4. The number of furan rings is 1. The third kappa shape index (κ3) is 3.25. The van der Waals surface area contributed by atoms with Gasteiger partial charge in [-0.05, 0) is 49.7 Å². The first-order chi connectivity index (χ1) is 13.5. The molecule has 0 aliphatic heterocycles. The standard InChI is InChI=1S/C21H17N3O4/c1-12-14(6-5-7-15(12)20(25)26)18-11-10-17(27-18)13(2)23-24-21-22-16-8-3-4-9-19(16)28-21/h3-11H,1-2H3,(H,22,24)(H,25,26)/b23-13+. The van der Waals surface area contributed by atoms with Crippen molar-refractivity contribution in [1.29, 1.82) is 0 Å². The Labute approximate surface area is 160 Å². The number of nitrogens with zero attached hydrogens (tertiary/aromatic N) is 2. The minimum Gasteiger partial charge on any atom is -0.478 e. The summed E-state index contributed by atoms with van der Waals surface area (Å²) in [6.45, 7) is 3.55. The Balaban J connectivity index is 1.57. The summed E-state index contributed by atoms with van der Waals surface area (Å²) in [5, 5.41) is 13.5. The fourth-order valence-corrected chi connectivity index (χ4v) is 2.92.